The van der Waals surface area contributed by atoms with Gasteiger partial charge in [-0.25, -0.2) is 0 Å². The van der Waals surface area contributed by atoms with E-state index in [0.717, 1.165) is 6.21 Å². The van der Waals surface area contributed by atoms with Gasteiger partial charge in [-0.3, -0.25) is 5.32 Å². The van der Waals surface area contributed by atoms with Gasteiger partial charge in [-0.05, 0) is 32.1 Å². The maximum Gasteiger partial charge on any atom is 0.303 e. The van der Waals surface area contributed by atoms with Gasteiger partial charge in [0.05, 0.1) is 0 Å². The van der Waals surface area contributed by atoms with Gasteiger partial charge < -0.3 is 14.2 Å². The number of rotatable bonds is 6. The number of hydrogen-bond donors (Lipinski definition) is 2. The first-order chi connectivity index (χ1) is 13.2. The molecule has 0 amide bonds. The van der Waals surface area contributed by atoms with Gasteiger partial charge in [0.15, 0.2) is 11.5 Å². The van der Waals surface area contributed by atoms with Gasteiger partial charge in [0.1, 0.15) is 11.4 Å². The van der Waals surface area contributed by atoms with E-state index in [1.54, 1.807) is 12.2 Å². The van der Waals surface area contributed by atoms with Gasteiger partial charge in [0.25, 0.3) is 0 Å². The average Bonchev–Trinajstić information content (AvgIpc) is 3.30. The molecule has 0 spiro atoms. The Balaban J connectivity index is 0. The normalized spacial score (nSPS) is 9.48. The van der Waals surface area contributed by atoms with Crippen LogP contribution in [0.5, 0.6) is 0 Å². The van der Waals surface area contributed by atoms with Crippen LogP contribution in [0.2, 0.25) is 0 Å². The van der Waals surface area contributed by atoms with Crippen molar-refractivity contribution in [2.45, 2.75) is 55.4 Å². The summed E-state index contributed by atoms with van der Waals surface area (Å²) in [5.41, 5.74) is 1.10. The van der Waals surface area contributed by atoms with Crippen LogP contribution in [0.4, 0.5) is 12.0 Å². The summed E-state index contributed by atoms with van der Waals surface area (Å²) >= 11 is 0. The molecule has 0 aliphatic carbocycles. The zero-order valence-electron chi connectivity index (χ0n) is 17.9. The van der Waals surface area contributed by atoms with E-state index in [9.17, 15) is 0 Å². The lowest BCUT2D eigenvalue weighted by Gasteiger charge is -1.92. The van der Waals surface area contributed by atoms with Crippen LogP contribution in [-0.4, -0.2) is 16.2 Å². The predicted octanol–water partition coefficient (Wildman–Crippen LogP) is 7.19. The van der Waals surface area contributed by atoms with Crippen molar-refractivity contribution in [2.24, 2.45) is 0 Å². The minimum atomic E-state index is 0.213. The Morgan fingerprint density at radius 1 is 0.815 bits per heavy atom. The van der Waals surface area contributed by atoms with Crippen molar-refractivity contribution in [3.8, 4) is 0 Å². The van der Waals surface area contributed by atoms with Crippen LogP contribution in [0.1, 0.15) is 78.3 Å². The molecule has 0 saturated heterocycles. The molecule has 0 aliphatic heterocycles. The van der Waals surface area contributed by atoms with Crippen LogP contribution >= 0.6 is 0 Å². The second-order valence-corrected chi connectivity index (χ2v) is 4.01. The summed E-state index contributed by atoms with van der Waals surface area (Å²) in [6.07, 6.45) is 9.92. The maximum atomic E-state index is 7.31. The van der Waals surface area contributed by atoms with E-state index in [-0.39, 0.29) is 12.0 Å². The Hall–Kier alpha value is -2.89. The molecule has 2 aromatic heterocycles. The van der Waals surface area contributed by atoms with Crippen LogP contribution in [0, 0.1) is 5.41 Å². The summed E-state index contributed by atoms with van der Waals surface area (Å²) < 4.78 is 11.0. The second kappa shape index (κ2) is 16.6. The summed E-state index contributed by atoms with van der Waals surface area (Å²) in [5.74, 6) is 1.06. The number of nitrogens with zero attached hydrogens (tertiary/aromatic N) is 2. The van der Waals surface area contributed by atoms with Crippen molar-refractivity contribution >= 4 is 36.5 Å². The average molecular weight is 375 g/mol. The first kappa shape index (κ1) is 26.3. The van der Waals surface area contributed by atoms with Gasteiger partial charge in [-0.2, -0.15) is 9.97 Å². The molecular weight excluding hydrogens is 340 g/mol. The van der Waals surface area contributed by atoms with Gasteiger partial charge in [0.2, 0.25) is 0 Å². The highest BCUT2D eigenvalue weighted by molar-refractivity contribution is 5.80. The van der Waals surface area contributed by atoms with Crippen LogP contribution in [0.3, 0.4) is 0 Å². The predicted molar refractivity (Wildman–Crippen MR) is 118 cm³/mol. The van der Waals surface area contributed by atoms with E-state index in [1.807, 2.05) is 73.6 Å². The summed E-state index contributed by atoms with van der Waals surface area (Å²) in [6.45, 7) is 19.4. The fraction of sp³-hybridized carbons (Fsp3) is 0.381. The molecule has 2 rings (SSSR count). The molecule has 2 aromatic rings. The largest absolute Gasteiger partial charge is 0.423 e. The van der Waals surface area contributed by atoms with Gasteiger partial charge in [0, 0.05) is 6.21 Å². The van der Waals surface area contributed by atoms with Crippen molar-refractivity contribution in [3.63, 3.8) is 0 Å². The molecule has 0 aromatic carbocycles. The smallest absolute Gasteiger partial charge is 0.303 e. The number of allylic oxidation sites excluding steroid dienone is 2. The highest BCUT2D eigenvalue weighted by Gasteiger charge is 2.13. The van der Waals surface area contributed by atoms with E-state index < -0.39 is 0 Å². The molecule has 2 heterocycles. The molecule has 2 N–H and O–H groups in total. The van der Waals surface area contributed by atoms with Crippen LogP contribution in [-0.2, 0) is 0 Å². The number of oxazole rings is 2. The quantitative estimate of drug-likeness (QED) is 0.522. The summed E-state index contributed by atoms with van der Waals surface area (Å²) in [4.78, 5) is 8.40. The number of nitrogens with one attached hydrogen (secondary N) is 2. The van der Waals surface area contributed by atoms with Gasteiger partial charge in [-0.1, -0.05) is 60.3 Å². The molecule has 0 bridgehead atoms. The minimum absolute atomic E-state index is 0.213. The topological polar surface area (TPSA) is 87.9 Å². The summed E-state index contributed by atoms with van der Waals surface area (Å²) in [5, 5.41) is 10.1. The molecule has 0 radical (unpaired) electrons. The maximum absolute atomic E-state index is 7.31. The van der Waals surface area contributed by atoms with Crippen molar-refractivity contribution in [3.05, 3.63) is 41.6 Å². The van der Waals surface area contributed by atoms with Gasteiger partial charge >= 0.3 is 12.0 Å². The van der Waals surface area contributed by atoms with Crippen LogP contribution in [0.15, 0.2) is 27.6 Å². The Morgan fingerprint density at radius 2 is 1.30 bits per heavy atom. The first-order valence-corrected chi connectivity index (χ1v) is 9.38. The summed E-state index contributed by atoms with van der Waals surface area (Å²) in [7, 11) is 0. The Morgan fingerprint density at radius 3 is 1.74 bits per heavy atom. The molecule has 27 heavy (non-hydrogen) atoms. The third kappa shape index (κ3) is 8.35. The van der Waals surface area contributed by atoms with E-state index in [0.29, 0.717) is 22.9 Å². The molecule has 0 saturated carbocycles. The van der Waals surface area contributed by atoms with E-state index >= 15 is 0 Å². The highest BCUT2D eigenvalue weighted by Crippen LogP contribution is 2.23. The zero-order valence-corrected chi connectivity index (χ0v) is 17.9. The molecule has 6 heteroatoms. The van der Waals surface area contributed by atoms with Crippen LogP contribution in [0.25, 0.3) is 18.2 Å². The van der Waals surface area contributed by atoms with Crippen molar-refractivity contribution < 1.29 is 8.83 Å². The lowest BCUT2D eigenvalue weighted by molar-refractivity contribution is 0.540. The molecule has 0 aliphatic rings. The van der Waals surface area contributed by atoms with E-state index in [1.165, 1.54) is 0 Å². The third-order valence-electron chi connectivity index (χ3n) is 2.54. The Labute approximate surface area is 163 Å². The molecule has 0 atom stereocenters. The lowest BCUT2D eigenvalue weighted by atomic mass is 10.3. The Bertz CT molecular complexity index is 650. The lowest BCUT2D eigenvalue weighted by Crippen LogP contribution is -1.91. The molecule has 0 unspecified atom stereocenters. The van der Waals surface area contributed by atoms with Crippen LogP contribution < -0.4 is 5.32 Å². The van der Waals surface area contributed by atoms with Crippen molar-refractivity contribution in [1.82, 2.24) is 9.97 Å². The van der Waals surface area contributed by atoms with Gasteiger partial charge in [-0.15, -0.1) is 0 Å². The number of hydrogen-bond acceptors (Lipinski definition) is 6. The van der Waals surface area contributed by atoms with E-state index in [4.69, 9.17) is 14.2 Å². The number of aromatic nitrogens is 2. The molecule has 6 nitrogen and oxygen atoms in total. The van der Waals surface area contributed by atoms with Crippen molar-refractivity contribution in [2.75, 3.05) is 5.32 Å². The molecule has 0 fully saturated rings. The highest BCUT2D eigenvalue weighted by atomic mass is 16.4. The SMILES string of the molecule is C=Cc1oc(Nc2nc(C=N)c(/C=C\C)o2)nc1/C=C\C.CC.CC.CC. The standard InChI is InChI=1S/C15H16N4O2.3C2H6/c1-4-7-10-12(6-3)20-14(17-10)19-15-18-11(9-16)13(21-15)8-5-2;3*1-2/h4-9,16H,3H2,1-2H3,(H,17,18,19);3*1-2H3/b7-4-,8-5-,16-9?;;;. The molecule has 150 valence electrons. The Kier molecular flexibility index (Phi) is 16.2. The number of anilines is 2. The van der Waals surface area contributed by atoms with E-state index in [2.05, 4.69) is 21.9 Å². The molecular formula is C21H34N4O2. The fourth-order valence-corrected chi connectivity index (χ4v) is 1.68. The fourth-order valence-electron chi connectivity index (χ4n) is 1.68. The monoisotopic (exact) mass is 374 g/mol. The first-order valence-electron chi connectivity index (χ1n) is 9.38. The third-order valence-corrected chi connectivity index (χ3v) is 2.54. The second-order valence-electron chi connectivity index (χ2n) is 4.01. The van der Waals surface area contributed by atoms with Crippen molar-refractivity contribution in [1.29, 1.82) is 5.41 Å². The summed E-state index contributed by atoms with van der Waals surface area (Å²) in [6, 6.07) is 0.466. The zero-order chi connectivity index (χ0) is 21.2. The minimum Gasteiger partial charge on any atom is -0.423 e.